The fourth-order valence-electron chi connectivity index (χ4n) is 1.42. The predicted octanol–water partition coefficient (Wildman–Crippen LogP) is 2.35. The molecule has 1 aromatic carbocycles. The maximum absolute atomic E-state index is 13.1. The molecule has 4 nitrogen and oxygen atoms in total. The molecule has 0 bridgehead atoms. The third-order valence-electron chi connectivity index (χ3n) is 2.16. The molecule has 0 aliphatic rings. The van der Waals surface area contributed by atoms with Crippen LogP contribution >= 0.6 is 0 Å². The molecule has 1 rings (SSSR count). The average Bonchev–Trinajstić information content (AvgIpc) is 2.23. The standard InChI is InChI=1S/C13H19FN2O2/c1-13(2,3)16-12(17)18-11(8-15)9-5-4-6-10(14)7-9/h4-7,11H,8,15H2,1-3H3,(H,16,17)/t11-/m0/s1. The number of benzene rings is 1. The molecule has 0 spiro atoms. The summed E-state index contributed by atoms with van der Waals surface area (Å²) in [6.07, 6.45) is -1.22. The normalized spacial score (nSPS) is 12.9. The van der Waals surface area contributed by atoms with Crippen LogP contribution in [0.5, 0.6) is 0 Å². The molecule has 5 heteroatoms. The summed E-state index contributed by atoms with van der Waals surface area (Å²) in [4.78, 5) is 11.6. The lowest BCUT2D eigenvalue weighted by Crippen LogP contribution is -2.41. The molecule has 18 heavy (non-hydrogen) atoms. The van der Waals surface area contributed by atoms with Gasteiger partial charge in [0.25, 0.3) is 0 Å². The van der Waals surface area contributed by atoms with Crippen LogP contribution in [0.1, 0.15) is 32.4 Å². The van der Waals surface area contributed by atoms with Gasteiger partial charge < -0.3 is 15.8 Å². The molecular formula is C13H19FN2O2. The Morgan fingerprint density at radius 2 is 2.17 bits per heavy atom. The number of nitrogens with one attached hydrogen (secondary N) is 1. The first-order chi connectivity index (χ1) is 8.31. The Morgan fingerprint density at radius 3 is 2.67 bits per heavy atom. The fourth-order valence-corrected chi connectivity index (χ4v) is 1.42. The molecular weight excluding hydrogens is 235 g/mol. The average molecular weight is 254 g/mol. The summed E-state index contributed by atoms with van der Waals surface area (Å²) in [5, 5.41) is 2.66. The van der Waals surface area contributed by atoms with E-state index in [9.17, 15) is 9.18 Å². The Balaban J connectivity index is 2.71. The largest absolute Gasteiger partial charge is 0.440 e. The number of nitrogens with two attached hydrogens (primary N) is 1. The van der Waals surface area contributed by atoms with Crippen molar-refractivity contribution in [3.05, 3.63) is 35.6 Å². The number of halogens is 1. The molecule has 100 valence electrons. The van der Waals surface area contributed by atoms with Crippen molar-refractivity contribution in [1.29, 1.82) is 0 Å². The second-order valence-corrected chi connectivity index (χ2v) is 5.06. The lowest BCUT2D eigenvalue weighted by atomic mass is 10.1. The number of carbonyl (C=O) groups excluding carboxylic acids is 1. The lowest BCUT2D eigenvalue weighted by molar-refractivity contribution is 0.0948. The van der Waals surface area contributed by atoms with Crippen LogP contribution in [-0.2, 0) is 4.74 Å². The smallest absolute Gasteiger partial charge is 0.408 e. The number of hydrogen-bond donors (Lipinski definition) is 2. The Kier molecular flexibility index (Phi) is 4.67. The van der Waals surface area contributed by atoms with Crippen molar-refractivity contribution in [3.8, 4) is 0 Å². The van der Waals surface area contributed by atoms with Crippen molar-refractivity contribution < 1.29 is 13.9 Å². The molecule has 0 aliphatic heterocycles. The maximum atomic E-state index is 13.1. The molecule has 1 amide bonds. The summed E-state index contributed by atoms with van der Waals surface area (Å²) in [7, 11) is 0. The van der Waals surface area contributed by atoms with Gasteiger partial charge in [0.15, 0.2) is 0 Å². The maximum Gasteiger partial charge on any atom is 0.408 e. The van der Waals surface area contributed by atoms with E-state index in [4.69, 9.17) is 10.5 Å². The molecule has 3 N–H and O–H groups in total. The van der Waals surface area contributed by atoms with Gasteiger partial charge in [0, 0.05) is 12.1 Å². The molecule has 0 saturated carbocycles. The highest BCUT2D eigenvalue weighted by molar-refractivity contribution is 5.68. The van der Waals surface area contributed by atoms with Gasteiger partial charge in [-0.1, -0.05) is 12.1 Å². The summed E-state index contributed by atoms with van der Waals surface area (Å²) in [6, 6.07) is 5.86. The number of hydrogen-bond acceptors (Lipinski definition) is 3. The van der Waals surface area contributed by atoms with Gasteiger partial charge in [0.2, 0.25) is 0 Å². The third-order valence-corrected chi connectivity index (χ3v) is 2.16. The topological polar surface area (TPSA) is 64.3 Å². The van der Waals surface area contributed by atoms with E-state index in [0.29, 0.717) is 5.56 Å². The molecule has 0 fully saturated rings. The number of rotatable bonds is 3. The van der Waals surface area contributed by atoms with Gasteiger partial charge >= 0.3 is 6.09 Å². The Labute approximate surface area is 106 Å². The molecule has 0 aliphatic carbocycles. The van der Waals surface area contributed by atoms with Gasteiger partial charge in [0.1, 0.15) is 11.9 Å². The second-order valence-electron chi connectivity index (χ2n) is 5.06. The van der Waals surface area contributed by atoms with Gasteiger partial charge in [-0.15, -0.1) is 0 Å². The highest BCUT2D eigenvalue weighted by Crippen LogP contribution is 2.17. The number of ether oxygens (including phenoxy) is 1. The minimum absolute atomic E-state index is 0.0982. The zero-order valence-corrected chi connectivity index (χ0v) is 10.9. The number of alkyl carbamates (subject to hydrolysis) is 1. The highest BCUT2D eigenvalue weighted by Gasteiger charge is 2.19. The van der Waals surface area contributed by atoms with Crippen LogP contribution in [0, 0.1) is 5.82 Å². The van der Waals surface area contributed by atoms with Crippen LogP contribution < -0.4 is 11.1 Å². The van der Waals surface area contributed by atoms with Gasteiger partial charge in [-0.25, -0.2) is 9.18 Å². The van der Waals surface area contributed by atoms with Crippen LogP contribution in [0.2, 0.25) is 0 Å². The van der Waals surface area contributed by atoms with E-state index in [2.05, 4.69) is 5.32 Å². The van der Waals surface area contributed by atoms with Crippen molar-refractivity contribution in [1.82, 2.24) is 5.32 Å². The number of amides is 1. The lowest BCUT2D eigenvalue weighted by Gasteiger charge is -2.23. The summed E-state index contributed by atoms with van der Waals surface area (Å²) in [6.45, 7) is 5.62. The zero-order chi connectivity index (χ0) is 13.8. The van der Waals surface area contributed by atoms with Crippen LogP contribution in [0.15, 0.2) is 24.3 Å². The molecule has 0 unspecified atom stereocenters. The second kappa shape index (κ2) is 5.82. The SMILES string of the molecule is CC(C)(C)NC(=O)O[C@@H](CN)c1cccc(F)c1. The molecule has 1 aromatic rings. The predicted molar refractivity (Wildman–Crippen MR) is 67.6 cm³/mol. The Bertz CT molecular complexity index is 416. The van der Waals surface area contributed by atoms with E-state index >= 15 is 0 Å². The van der Waals surface area contributed by atoms with E-state index in [0.717, 1.165) is 0 Å². The Morgan fingerprint density at radius 1 is 1.50 bits per heavy atom. The minimum atomic E-state index is -0.650. The van der Waals surface area contributed by atoms with Crippen molar-refractivity contribution in [2.75, 3.05) is 6.54 Å². The van der Waals surface area contributed by atoms with E-state index in [1.165, 1.54) is 12.1 Å². The van der Waals surface area contributed by atoms with Crippen LogP contribution in [0.25, 0.3) is 0 Å². The molecule has 0 heterocycles. The number of carbonyl (C=O) groups is 1. The molecule has 0 radical (unpaired) electrons. The molecule has 1 atom stereocenters. The van der Waals surface area contributed by atoms with Crippen LogP contribution in [-0.4, -0.2) is 18.2 Å². The van der Waals surface area contributed by atoms with Crippen LogP contribution in [0.3, 0.4) is 0 Å². The Hall–Kier alpha value is -1.62. The quantitative estimate of drug-likeness (QED) is 0.870. The fraction of sp³-hybridized carbons (Fsp3) is 0.462. The van der Waals surface area contributed by atoms with E-state index in [1.54, 1.807) is 12.1 Å². The first-order valence-electron chi connectivity index (χ1n) is 5.76. The van der Waals surface area contributed by atoms with Crippen molar-refractivity contribution in [3.63, 3.8) is 0 Å². The zero-order valence-electron chi connectivity index (χ0n) is 10.9. The van der Waals surface area contributed by atoms with Crippen molar-refractivity contribution in [2.24, 2.45) is 5.73 Å². The van der Waals surface area contributed by atoms with Gasteiger partial charge in [-0.3, -0.25) is 0 Å². The third kappa shape index (κ3) is 4.71. The van der Waals surface area contributed by atoms with Crippen molar-refractivity contribution in [2.45, 2.75) is 32.4 Å². The van der Waals surface area contributed by atoms with Gasteiger partial charge in [0.05, 0.1) is 0 Å². The first kappa shape index (κ1) is 14.4. The van der Waals surface area contributed by atoms with Crippen LogP contribution in [0.4, 0.5) is 9.18 Å². The van der Waals surface area contributed by atoms with Gasteiger partial charge in [-0.05, 0) is 38.5 Å². The van der Waals surface area contributed by atoms with Crippen molar-refractivity contribution >= 4 is 6.09 Å². The van der Waals surface area contributed by atoms with E-state index in [-0.39, 0.29) is 12.4 Å². The van der Waals surface area contributed by atoms with Gasteiger partial charge in [-0.2, -0.15) is 0 Å². The monoisotopic (exact) mass is 254 g/mol. The summed E-state index contributed by atoms with van der Waals surface area (Å²) < 4.78 is 18.3. The summed E-state index contributed by atoms with van der Waals surface area (Å²) in [5.41, 5.74) is 5.69. The summed E-state index contributed by atoms with van der Waals surface area (Å²) >= 11 is 0. The highest BCUT2D eigenvalue weighted by atomic mass is 19.1. The summed E-state index contributed by atoms with van der Waals surface area (Å²) in [5.74, 6) is -0.384. The molecule has 0 saturated heterocycles. The first-order valence-corrected chi connectivity index (χ1v) is 5.76. The van der Waals surface area contributed by atoms with E-state index in [1.807, 2.05) is 20.8 Å². The molecule has 0 aromatic heterocycles. The minimum Gasteiger partial charge on any atom is -0.440 e. The van der Waals surface area contributed by atoms with E-state index < -0.39 is 17.7 Å².